The Morgan fingerprint density at radius 3 is 2.67 bits per heavy atom. The van der Waals surface area contributed by atoms with E-state index < -0.39 is 0 Å². The minimum atomic E-state index is 0.487. The predicted molar refractivity (Wildman–Crippen MR) is 65.9 cm³/mol. The van der Waals surface area contributed by atoms with Gasteiger partial charge in [-0.3, -0.25) is 0 Å². The molecule has 0 aliphatic rings. The lowest BCUT2D eigenvalue weighted by atomic mass is 10.4. The van der Waals surface area contributed by atoms with Gasteiger partial charge in [-0.05, 0) is 6.07 Å². The molecular weight excluding hydrogens is 233 g/mol. The smallest absolute Gasteiger partial charge is 0.144 e. The van der Waals surface area contributed by atoms with Crippen molar-refractivity contribution >= 4 is 29.0 Å². The molecule has 0 bridgehead atoms. The summed E-state index contributed by atoms with van der Waals surface area (Å²) in [6.45, 7) is 5.87. The highest BCUT2D eigenvalue weighted by Crippen LogP contribution is 2.21. The number of hydrogen-bond acceptors (Lipinski definition) is 3. The first kappa shape index (κ1) is 12.6. The van der Waals surface area contributed by atoms with Crippen molar-refractivity contribution in [1.82, 2.24) is 10.3 Å². The van der Waals surface area contributed by atoms with Gasteiger partial charge in [-0.25, -0.2) is 4.98 Å². The molecule has 1 aromatic heterocycles. The van der Waals surface area contributed by atoms with E-state index >= 15 is 0 Å². The lowest BCUT2D eigenvalue weighted by Crippen LogP contribution is -2.28. The number of nitrogens with zero attached hydrogens (tertiary/aromatic N) is 1. The molecule has 0 fully saturated rings. The highest BCUT2D eigenvalue weighted by Gasteiger charge is 2.01. The molecule has 0 radical (unpaired) electrons. The van der Waals surface area contributed by atoms with Crippen LogP contribution in [0.2, 0.25) is 10.0 Å². The minimum absolute atomic E-state index is 0.487. The molecule has 0 saturated heterocycles. The van der Waals surface area contributed by atoms with E-state index in [1.807, 2.05) is 0 Å². The summed E-state index contributed by atoms with van der Waals surface area (Å²) in [5.74, 6) is 0.673. The summed E-state index contributed by atoms with van der Waals surface area (Å²) in [6.07, 6.45) is 1.58. The average molecular weight is 248 g/mol. The molecule has 0 aliphatic carbocycles. The fourth-order valence-corrected chi connectivity index (χ4v) is 1.53. The van der Waals surface area contributed by atoms with Gasteiger partial charge in [0.2, 0.25) is 0 Å². The van der Waals surface area contributed by atoms with Crippen LogP contribution in [0, 0.1) is 0 Å². The molecule has 0 amide bonds. The Kier molecular flexibility index (Phi) is 5.15. The van der Waals surface area contributed by atoms with Gasteiger partial charge in [0.15, 0.2) is 0 Å². The molecule has 15 heavy (non-hydrogen) atoms. The SMILES string of the molecule is CC(C)NCCNc1ncc(Cl)cc1Cl. The van der Waals surface area contributed by atoms with Gasteiger partial charge in [-0.1, -0.05) is 37.0 Å². The number of pyridine rings is 1. The summed E-state index contributed by atoms with van der Waals surface area (Å²) in [6, 6.07) is 2.16. The summed E-state index contributed by atoms with van der Waals surface area (Å²) in [7, 11) is 0. The number of rotatable bonds is 5. The lowest BCUT2D eigenvalue weighted by molar-refractivity contribution is 0.602. The number of nitrogens with one attached hydrogen (secondary N) is 2. The maximum atomic E-state index is 5.94. The molecule has 5 heteroatoms. The molecule has 2 N–H and O–H groups in total. The lowest BCUT2D eigenvalue weighted by Gasteiger charge is -2.10. The molecule has 0 saturated carbocycles. The average Bonchev–Trinajstić information content (AvgIpc) is 2.14. The van der Waals surface area contributed by atoms with Crippen LogP contribution in [-0.2, 0) is 0 Å². The summed E-state index contributed by atoms with van der Waals surface area (Å²) < 4.78 is 0. The summed E-state index contributed by atoms with van der Waals surface area (Å²) >= 11 is 11.7. The van der Waals surface area contributed by atoms with Gasteiger partial charge in [-0.15, -0.1) is 0 Å². The summed E-state index contributed by atoms with van der Waals surface area (Å²) in [5.41, 5.74) is 0. The molecule has 3 nitrogen and oxygen atoms in total. The second kappa shape index (κ2) is 6.16. The molecular formula is C10H15Cl2N3. The van der Waals surface area contributed by atoms with E-state index in [9.17, 15) is 0 Å². The van der Waals surface area contributed by atoms with Gasteiger partial charge >= 0.3 is 0 Å². The van der Waals surface area contributed by atoms with E-state index in [1.165, 1.54) is 0 Å². The summed E-state index contributed by atoms with van der Waals surface area (Å²) in [5, 5.41) is 7.51. The van der Waals surface area contributed by atoms with Crippen molar-refractivity contribution in [3.63, 3.8) is 0 Å². The van der Waals surface area contributed by atoms with E-state index in [2.05, 4.69) is 29.5 Å². The van der Waals surface area contributed by atoms with E-state index in [1.54, 1.807) is 12.3 Å². The van der Waals surface area contributed by atoms with E-state index in [-0.39, 0.29) is 0 Å². The molecule has 0 spiro atoms. The molecule has 84 valence electrons. The molecule has 0 aliphatic heterocycles. The maximum absolute atomic E-state index is 5.94. The Labute approximate surface area is 100 Å². The Hall–Kier alpha value is -0.510. The quantitative estimate of drug-likeness (QED) is 0.787. The Bertz CT molecular complexity index is 316. The van der Waals surface area contributed by atoms with Crippen molar-refractivity contribution in [2.24, 2.45) is 0 Å². The molecule has 1 heterocycles. The Balaban J connectivity index is 2.37. The number of anilines is 1. The van der Waals surface area contributed by atoms with Gasteiger partial charge in [0, 0.05) is 25.3 Å². The maximum Gasteiger partial charge on any atom is 0.144 e. The standard InChI is InChI=1S/C10H15Cl2N3/c1-7(2)13-3-4-14-10-9(12)5-8(11)6-15-10/h5-7,13H,3-4H2,1-2H3,(H,14,15). The molecule has 0 unspecified atom stereocenters. The molecule has 0 atom stereocenters. The Morgan fingerprint density at radius 2 is 2.07 bits per heavy atom. The highest BCUT2D eigenvalue weighted by molar-refractivity contribution is 6.35. The van der Waals surface area contributed by atoms with Crippen molar-refractivity contribution < 1.29 is 0 Å². The zero-order valence-electron chi connectivity index (χ0n) is 8.85. The second-order valence-corrected chi connectivity index (χ2v) is 4.36. The van der Waals surface area contributed by atoms with E-state index in [4.69, 9.17) is 23.2 Å². The van der Waals surface area contributed by atoms with Gasteiger partial charge in [0.05, 0.1) is 10.0 Å². The zero-order chi connectivity index (χ0) is 11.3. The van der Waals surface area contributed by atoms with Gasteiger partial charge in [-0.2, -0.15) is 0 Å². The first-order valence-corrected chi connectivity index (χ1v) is 5.63. The van der Waals surface area contributed by atoms with Crippen molar-refractivity contribution in [3.8, 4) is 0 Å². The summed E-state index contributed by atoms with van der Waals surface area (Å²) in [4.78, 5) is 4.09. The first-order valence-electron chi connectivity index (χ1n) is 4.88. The normalized spacial score (nSPS) is 10.7. The number of aromatic nitrogens is 1. The van der Waals surface area contributed by atoms with Crippen molar-refractivity contribution in [3.05, 3.63) is 22.3 Å². The molecule has 1 rings (SSSR count). The third-order valence-corrected chi connectivity index (χ3v) is 2.27. The van der Waals surface area contributed by atoms with Crippen LogP contribution in [0.1, 0.15) is 13.8 Å². The predicted octanol–water partition coefficient (Wildman–Crippen LogP) is 2.80. The first-order chi connectivity index (χ1) is 7.09. The van der Waals surface area contributed by atoms with Crippen molar-refractivity contribution in [1.29, 1.82) is 0 Å². The van der Waals surface area contributed by atoms with Crippen LogP contribution in [0.25, 0.3) is 0 Å². The molecule has 0 aromatic carbocycles. The van der Waals surface area contributed by atoms with E-state index in [0.29, 0.717) is 21.9 Å². The number of halogens is 2. The highest BCUT2D eigenvalue weighted by atomic mass is 35.5. The van der Waals surface area contributed by atoms with Crippen LogP contribution >= 0.6 is 23.2 Å². The van der Waals surface area contributed by atoms with Gasteiger partial charge in [0.1, 0.15) is 5.82 Å². The Morgan fingerprint density at radius 1 is 1.33 bits per heavy atom. The third-order valence-electron chi connectivity index (χ3n) is 1.78. The minimum Gasteiger partial charge on any atom is -0.368 e. The third kappa shape index (κ3) is 4.69. The van der Waals surface area contributed by atoms with Gasteiger partial charge < -0.3 is 10.6 Å². The van der Waals surface area contributed by atoms with Crippen LogP contribution in [0.5, 0.6) is 0 Å². The van der Waals surface area contributed by atoms with Gasteiger partial charge in [0.25, 0.3) is 0 Å². The largest absolute Gasteiger partial charge is 0.368 e. The number of hydrogen-bond donors (Lipinski definition) is 2. The molecule has 1 aromatic rings. The van der Waals surface area contributed by atoms with Crippen LogP contribution in [0.15, 0.2) is 12.3 Å². The topological polar surface area (TPSA) is 37.0 Å². The zero-order valence-corrected chi connectivity index (χ0v) is 10.4. The fraction of sp³-hybridized carbons (Fsp3) is 0.500. The van der Waals surface area contributed by atoms with Crippen LogP contribution in [0.3, 0.4) is 0 Å². The fourth-order valence-electron chi connectivity index (χ4n) is 1.09. The van der Waals surface area contributed by atoms with Crippen LogP contribution in [0.4, 0.5) is 5.82 Å². The monoisotopic (exact) mass is 247 g/mol. The second-order valence-electron chi connectivity index (χ2n) is 3.52. The van der Waals surface area contributed by atoms with Crippen LogP contribution in [-0.4, -0.2) is 24.1 Å². The van der Waals surface area contributed by atoms with Crippen LogP contribution < -0.4 is 10.6 Å². The van der Waals surface area contributed by atoms with Crippen molar-refractivity contribution in [2.75, 3.05) is 18.4 Å². The van der Waals surface area contributed by atoms with E-state index in [0.717, 1.165) is 13.1 Å². The van der Waals surface area contributed by atoms with Crippen molar-refractivity contribution in [2.45, 2.75) is 19.9 Å².